The molecule has 9 heteroatoms. The number of nitrogens with one attached hydrogen (secondary N) is 1. The first kappa shape index (κ1) is 19.6. The van der Waals surface area contributed by atoms with E-state index < -0.39 is 12.1 Å². The molecule has 0 bridgehead atoms. The summed E-state index contributed by atoms with van der Waals surface area (Å²) in [7, 11) is 0. The van der Waals surface area contributed by atoms with Gasteiger partial charge >= 0.3 is 12.1 Å². The van der Waals surface area contributed by atoms with E-state index in [1.165, 1.54) is 0 Å². The monoisotopic (exact) mass is 405 g/mol. The highest BCUT2D eigenvalue weighted by Gasteiger charge is 2.43. The lowest BCUT2D eigenvalue weighted by Gasteiger charge is -2.32. The van der Waals surface area contributed by atoms with Crippen molar-refractivity contribution < 1.29 is 18.0 Å². The third-order valence-electron chi connectivity index (χ3n) is 5.57. The number of anilines is 1. The maximum Gasteiger partial charge on any atom is 0.471 e. The Kier molecular flexibility index (Phi) is 5.38. The van der Waals surface area contributed by atoms with Crippen LogP contribution in [-0.4, -0.2) is 51.6 Å². The Morgan fingerprint density at radius 2 is 1.86 bits per heavy atom. The second-order valence-electron chi connectivity index (χ2n) is 7.52. The molecule has 1 aliphatic heterocycles. The van der Waals surface area contributed by atoms with E-state index in [1.807, 2.05) is 12.1 Å². The third-order valence-corrected chi connectivity index (χ3v) is 5.57. The molecule has 154 valence electrons. The molecule has 3 heterocycles. The van der Waals surface area contributed by atoms with Crippen LogP contribution in [0.15, 0.2) is 24.5 Å². The van der Waals surface area contributed by atoms with Gasteiger partial charge in [0.1, 0.15) is 5.82 Å². The smallest absolute Gasteiger partial charge is 0.369 e. The SMILES string of the molecule is O=C(N1CCC(CNc2nc(-c3ccncc3)nc3c2CCC3)CC1)C(F)(F)F. The molecule has 0 radical (unpaired) electrons. The summed E-state index contributed by atoms with van der Waals surface area (Å²) in [5.74, 6) is -0.0718. The van der Waals surface area contributed by atoms with Crippen LogP contribution >= 0.6 is 0 Å². The third kappa shape index (κ3) is 4.33. The van der Waals surface area contributed by atoms with Crippen molar-refractivity contribution in [2.24, 2.45) is 5.92 Å². The van der Waals surface area contributed by atoms with Gasteiger partial charge in [0.2, 0.25) is 0 Å². The van der Waals surface area contributed by atoms with E-state index in [0.29, 0.717) is 25.2 Å². The Morgan fingerprint density at radius 1 is 1.14 bits per heavy atom. The number of fused-ring (bicyclic) bond motifs is 1. The largest absolute Gasteiger partial charge is 0.471 e. The van der Waals surface area contributed by atoms with E-state index in [4.69, 9.17) is 9.97 Å². The Bertz CT molecular complexity index is 880. The first-order valence-corrected chi connectivity index (χ1v) is 9.82. The molecule has 1 saturated heterocycles. The van der Waals surface area contributed by atoms with Gasteiger partial charge in [-0.3, -0.25) is 9.78 Å². The van der Waals surface area contributed by atoms with E-state index in [1.54, 1.807) is 12.4 Å². The molecule has 0 aromatic carbocycles. The molecule has 0 atom stereocenters. The van der Waals surface area contributed by atoms with Gasteiger partial charge in [-0.2, -0.15) is 13.2 Å². The molecule has 2 aromatic heterocycles. The Labute approximate surface area is 166 Å². The quantitative estimate of drug-likeness (QED) is 0.846. The lowest BCUT2D eigenvalue weighted by Crippen LogP contribution is -2.46. The molecule has 1 aliphatic carbocycles. The average Bonchev–Trinajstić information content (AvgIpc) is 3.20. The summed E-state index contributed by atoms with van der Waals surface area (Å²) < 4.78 is 37.8. The number of hydrogen-bond acceptors (Lipinski definition) is 5. The summed E-state index contributed by atoms with van der Waals surface area (Å²) in [6.45, 7) is 0.886. The van der Waals surface area contributed by atoms with E-state index in [0.717, 1.165) is 46.8 Å². The van der Waals surface area contributed by atoms with Crippen molar-refractivity contribution in [3.05, 3.63) is 35.8 Å². The number of carbonyl (C=O) groups is 1. The number of halogens is 3. The van der Waals surface area contributed by atoms with Crippen LogP contribution in [0.4, 0.5) is 19.0 Å². The molecule has 1 N–H and O–H groups in total. The highest BCUT2D eigenvalue weighted by atomic mass is 19.4. The summed E-state index contributed by atoms with van der Waals surface area (Å²) in [6.07, 6.45) is 2.57. The van der Waals surface area contributed by atoms with Gasteiger partial charge in [-0.25, -0.2) is 9.97 Å². The summed E-state index contributed by atoms with van der Waals surface area (Å²) >= 11 is 0. The number of hydrogen-bond donors (Lipinski definition) is 1. The molecular formula is C20H22F3N5O. The summed E-state index contributed by atoms with van der Waals surface area (Å²) in [6, 6.07) is 3.74. The Hall–Kier alpha value is -2.71. The lowest BCUT2D eigenvalue weighted by atomic mass is 9.96. The van der Waals surface area contributed by atoms with Gasteiger partial charge in [0, 0.05) is 48.8 Å². The number of rotatable bonds is 4. The minimum atomic E-state index is -4.80. The van der Waals surface area contributed by atoms with Crippen LogP contribution < -0.4 is 5.32 Å². The maximum absolute atomic E-state index is 12.6. The van der Waals surface area contributed by atoms with Crippen molar-refractivity contribution in [1.82, 2.24) is 19.9 Å². The molecule has 1 fully saturated rings. The highest BCUT2D eigenvalue weighted by molar-refractivity contribution is 5.81. The van der Waals surface area contributed by atoms with Crippen molar-refractivity contribution in [3.63, 3.8) is 0 Å². The molecule has 2 aromatic rings. The van der Waals surface area contributed by atoms with Gasteiger partial charge in [0.15, 0.2) is 5.82 Å². The van der Waals surface area contributed by atoms with E-state index in [2.05, 4.69) is 10.3 Å². The number of likely N-dealkylation sites (tertiary alicyclic amines) is 1. The van der Waals surface area contributed by atoms with Gasteiger partial charge in [-0.1, -0.05) is 0 Å². The first-order chi connectivity index (χ1) is 13.9. The van der Waals surface area contributed by atoms with E-state index in [9.17, 15) is 18.0 Å². The number of alkyl halides is 3. The van der Waals surface area contributed by atoms with E-state index in [-0.39, 0.29) is 19.0 Å². The second-order valence-corrected chi connectivity index (χ2v) is 7.52. The van der Waals surface area contributed by atoms with Gasteiger partial charge in [-0.05, 0) is 50.2 Å². The fraction of sp³-hybridized carbons (Fsp3) is 0.500. The summed E-state index contributed by atoms with van der Waals surface area (Å²) in [5, 5.41) is 3.41. The topological polar surface area (TPSA) is 71.0 Å². The minimum absolute atomic E-state index is 0.134. The molecular weight excluding hydrogens is 383 g/mol. The standard InChI is InChI=1S/C20H22F3N5O/c21-20(22,23)19(29)28-10-6-13(7-11-28)12-25-18-15-2-1-3-16(15)26-17(27-18)14-4-8-24-9-5-14/h4-5,8-9,13H,1-3,6-7,10-12H2,(H,25,26,27). The van der Waals surface area contributed by atoms with E-state index >= 15 is 0 Å². The van der Waals surface area contributed by atoms with Crippen molar-refractivity contribution in [1.29, 1.82) is 0 Å². The van der Waals surface area contributed by atoms with Gasteiger partial charge in [0.25, 0.3) is 0 Å². The van der Waals surface area contributed by atoms with Gasteiger partial charge in [0.05, 0.1) is 0 Å². The number of aromatic nitrogens is 3. The van der Waals surface area contributed by atoms with Crippen LogP contribution in [0.1, 0.15) is 30.5 Å². The fourth-order valence-corrected chi connectivity index (χ4v) is 3.97. The minimum Gasteiger partial charge on any atom is -0.369 e. The molecule has 0 spiro atoms. The zero-order valence-electron chi connectivity index (χ0n) is 15.9. The Balaban J connectivity index is 1.42. The van der Waals surface area contributed by atoms with Crippen LogP contribution in [0.5, 0.6) is 0 Å². The molecule has 0 saturated carbocycles. The zero-order valence-corrected chi connectivity index (χ0v) is 15.9. The predicted molar refractivity (Wildman–Crippen MR) is 101 cm³/mol. The molecule has 6 nitrogen and oxygen atoms in total. The second kappa shape index (κ2) is 7.96. The number of aryl methyl sites for hydroxylation is 1. The zero-order chi connectivity index (χ0) is 20.4. The molecule has 29 heavy (non-hydrogen) atoms. The average molecular weight is 405 g/mol. The van der Waals surface area contributed by atoms with Gasteiger partial charge in [-0.15, -0.1) is 0 Å². The van der Waals surface area contributed by atoms with Crippen molar-refractivity contribution in [2.75, 3.05) is 25.0 Å². The van der Waals surface area contributed by atoms with Gasteiger partial charge < -0.3 is 10.2 Å². The maximum atomic E-state index is 12.6. The summed E-state index contributed by atoms with van der Waals surface area (Å²) in [5.41, 5.74) is 3.09. The molecule has 0 unspecified atom stereocenters. The highest BCUT2D eigenvalue weighted by Crippen LogP contribution is 2.30. The molecule has 4 rings (SSSR count). The van der Waals surface area contributed by atoms with Crippen LogP contribution in [0.3, 0.4) is 0 Å². The fourth-order valence-electron chi connectivity index (χ4n) is 3.97. The van der Waals surface area contributed by atoms with Crippen LogP contribution in [0.2, 0.25) is 0 Å². The molecule has 2 aliphatic rings. The number of piperidine rings is 1. The molecule has 1 amide bonds. The Morgan fingerprint density at radius 3 is 2.55 bits per heavy atom. The van der Waals surface area contributed by atoms with Crippen molar-refractivity contribution in [2.45, 2.75) is 38.3 Å². The number of amides is 1. The van der Waals surface area contributed by atoms with Crippen LogP contribution in [0.25, 0.3) is 11.4 Å². The van der Waals surface area contributed by atoms with Crippen molar-refractivity contribution in [3.8, 4) is 11.4 Å². The number of carbonyl (C=O) groups excluding carboxylic acids is 1. The predicted octanol–water partition coefficient (Wildman–Crippen LogP) is 3.24. The number of pyridine rings is 1. The van der Waals surface area contributed by atoms with Crippen LogP contribution in [-0.2, 0) is 17.6 Å². The van der Waals surface area contributed by atoms with Crippen molar-refractivity contribution >= 4 is 11.7 Å². The van der Waals surface area contributed by atoms with Crippen LogP contribution in [0, 0.1) is 5.92 Å². The number of nitrogens with zero attached hydrogens (tertiary/aromatic N) is 4. The summed E-state index contributed by atoms with van der Waals surface area (Å²) in [4.78, 5) is 25.7. The lowest BCUT2D eigenvalue weighted by molar-refractivity contribution is -0.186. The normalized spacial score (nSPS) is 17.3. The first-order valence-electron chi connectivity index (χ1n) is 9.82.